The molecule has 0 amide bonds. The molecule has 3 aromatic rings. The normalized spacial score (nSPS) is 17.5. The van der Waals surface area contributed by atoms with Crippen LogP contribution >= 0.6 is 23.2 Å². The van der Waals surface area contributed by atoms with Gasteiger partial charge in [-0.05, 0) is 88.9 Å². The summed E-state index contributed by atoms with van der Waals surface area (Å²) < 4.78 is 25.1. The van der Waals surface area contributed by atoms with Crippen molar-refractivity contribution in [2.45, 2.75) is 38.5 Å². The Morgan fingerprint density at radius 1 is 0.919 bits per heavy atom. The molecule has 0 radical (unpaired) electrons. The van der Waals surface area contributed by atoms with Gasteiger partial charge in [0.2, 0.25) is 6.43 Å². The lowest BCUT2D eigenvalue weighted by Crippen LogP contribution is -2.22. The number of fused-ring (bicyclic) bond motifs is 1. The maximum absolute atomic E-state index is 12.6. The Bertz CT molecular complexity index is 1350. The summed E-state index contributed by atoms with van der Waals surface area (Å²) >= 11 is 12.9. The van der Waals surface area contributed by atoms with Crippen LogP contribution in [0.3, 0.4) is 0 Å². The summed E-state index contributed by atoms with van der Waals surface area (Å²) in [6.07, 6.45) is 3.43. The first-order chi connectivity index (χ1) is 17.9. The molecule has 1 fully saturated rings. The van der Waals surface area contributed by atoms with Crippen molar-refractivity contribution < 1.29 is 13.9 Å². The molecule has 1 aliphatic heterocycles. The zero-order chi connectivity index (χ0) is 25.9. The van der Waals surface area contributed by atoms with E-state index in [1.807, 2.05) is 24.3 Å². The van der Waals surface area contributed by atoms with E-state index in [9.17, 15) is 13.9 Å². The van der Waals surface area contributed by atoms with E-state index in [1.54, 1.807) is 12.1 Å². The average molecular weight is 540 g/mol. The minimum Gasteiger partial charge on any atom is -0.508 e. The number of aromatic hydroxyl groups is 1. The molecule has 0 saturated carbocycles. The third-order valence-corrected chi connectivity index (χ3v) is 7.75. The molecule has 5 rings (SSSR count). The van der Waals surface area contributed by atoms with E-state index in [0.29, 0.717) is 16.6 Å². The van der Waals surface area contributed by atoms with Crippen molar-refractivity contribution in [1.29, 1.82) is 0 Å². The number of likely N-dealkylation sites (tertiary alicyclic amines) is 1. The van der Waals surface area contributed by atoms with Crippen molar-refractivity contribution in [3.63, 3.8) is 0 Å². The van der Waals surface area contributed by atoms with Gasteiger partial charge in [0.25, 0.3) is 0 Å². The van der Waals surface area contributed by atoms with Crippen LogP contribution in [0.4, 0.5) is 8.78 Å². The van der Waals surface area contributed by atoms with E-state index in [2.05, 4.69) is 35.2 Å². The molecule has 0 unspecified atom stereocenters. The maximum atomic E-state index is 12.6. The third-order valence-electron chi connectivity index (χ3n) is 7.20. The van der Waals surface area contributed by atoms with Gasteiger partial charge in [-0.2, -0.15) is 0 Å². The van der Waals surface area contributed by atoms with Gasteiger partial charge in [-0.25, -0.2) is 8.78 Å². The van der Waals surface area contributed by atoms with Crippen LogP contribution in [0.1, 0.15) is 53.5 Å². The fraction of sp³-hybridized carbons (Fsp3) is 0.290. The van der Waals surface area contributed by atoms with Crippen LogP contribution < -0.4 is 0 Å². The second-order valence-electron chi connectivity index (χ2n) is 9.80. The highest BCUT2D eigenvalue weighted by Gasteiger charge is 2.22. The number of hydrogen-bond donors (Lipinski definition) is 1. The van der Waals surface area contributed by atoms with E-state index in [1.165, 1.54) is 11.1 Å². The van der Waals surface area contributed by atoms with Crippen LogP contribution in [-0.4, -0.2) is 36.1 Å². The molecular formula is C31H29Cl2F2NO. The SMILES string of the molecule is Oc1ccc2c(c1)CCCC(c1ccc(Cl)cc1Cl)=C2c1ccc(/C=C2/CCN(CCC(F)F)C2)cc1. The molecule has 2 nitrogen and oxygen atoms in total. The molecule has 1 N–H and O–H groups in total. The number of hydrogen-bond acceptors (Lipinski definition) is 2. The number of rotatable bonds is 6. The fourth-order valence-electron chi connectivity index (χ4n) is 5.42. The number of phenols is 1. The molecule has 3 aromatic carbocycles. The van der Waals surface area contributed by atoms with E-state index in [0.717, 1.165) is 72.2 Å². The monoisotopic (exact) mass is 539 g/mol. The Labute approximate surface area is 226 Å². The molecule has 6 heteroatoms. The summed E-state index contributed by atoms with van der Waals surface area (Å²) in [6.45, 7) is 2.02. The molecule has 1 saturated heterocycles. The van der Waals surface area contributed by atoms with Crippen molar-refractivity contribution >= 4 is 40.4 Å². The largest absolute Gasteiger partial charge is 0.508 e. The van der Waals surface area contributed by atoms with Gasteiger partial charge >= 0.3 is 0 Å². The van der Waals surface area contributed by atoms with Crippen LogP contribution in [0.25, 0.3) is 17.2 Å². The highest BCUT2D eigenvalue weighted by Crippen LogP contribution is 2.43. The first kappa shape index (κ1) is 26.0. The van der Waals surface area contributed by atoms with Gasteiger partial charge in [-0.15, -0.1) is 0 Å². The molecule has 0 aromatic heterocycles. The van der Waals surface area contributed by atoms with Crippen LogP contribution in [0.15, 0.2) is 66.2 Å². The predicted molar refractivity (Wildman–Crippen MR) is 150 cm³/mol. The third kappa shape index (κ3) is 6.09. The number of halogens is 4. The topological polar surface area (TPSA) is 23.5 Å². The second-order valence-corrected chi connectivity index (χ2v) is 10.6. The maximum Gasteiger partial charge on any atom is 0.239 e. The zero-order valence-electron chi connectivity index (χ0n) is 20.5. The Morgan fingerprint density at radius 3 is 2.46 bits per heavy atom. The zero-order valence-corrected chi connectivity index (χ0v) is 22.0. The van der Waals surface area contributed by atoms with Crippen molar-refractivity contribution in [3.8, 4) is 5.75 Å². The fourth-order valence-corrected chi connectivity index (χ4v) is 5.95. The van der Waals surface area contributed by atoms with Gasteiger partial charge < -0.3 is 5.11 Å². The summed E-state index contributed by atoms with van der Waals surface area (Å²) in [5.41, 5.74) is 8.94. The van der Waals surface area contributed by atoms with Crippen molar-refractivity contribution in [2.24, 2.45) is 0 Å². The van der Waals surface area contributed by atoms with Crippen LogP contribution in [0.5, 0.6) is 5.75 Å². The van der Waals surface area contributed by atoms with Crippen LogP contribution in [0.2, 0.25) is 10.0 Å². The van der Waals surface area contributed by atoms with E-state index in [-0.39, 0.29) is 12.2 Å². The molecule has 0 atom stereocenters. The van der Waals surface area contributed by atoms with Gasteiger partial charge in [0.1, 0.15) is 5.75 Å². The first-order valence-electron chi connectivity index (χ1n) is 12.7. The molecule has 0 bridgehead atoms. The minimum atomic E-state index is -2.25. The molecule has 2 aliphatic rings. The molecule has 1 aliphatic carbocycles. The van der Waals surface area contributed by atoms with Crippen LogP contribution in [-0.2, 0) is 6.42 Å². The van der Waals surface area contributed by atoms with Gasteiger partial charge in [-0.1, -0.05) is 71.2 Å². The Hall–Kier alpha value is -2.66. The Morgan fingerprint density at radius 2 is 1.70 bits per heavy atom. The Balaban J connectivity index is 1.51. The summed E-state index contributed by atoms with van der Waals surface area (Å²) in [5.74, 6) is 0.271. The lowest BCUT2D eigenvalue weighted by atomic mass is 9.87. The highest BCUT2D eigenvalue weighted by molar-refractivity contribution is 6.36. The first-order valence-corrected chi connectivity index (χ1v) is 13.4. The van der Waals surface area contributed by atoms with Gasteiger partial charge in [-0.3, -0.25) is 4.90 Å². The Kier molecular flexibility index (Phi) is 7.99. The highest BCUT2D eigenvalue weighted by atomic mass is 35.5. The molecule has 1 heterocycles. The molecule has 192 valence electrons. The second kappa shape index (κ2) is 11.4. The summed E-state index contributed by atoms with van der Waals surface area (Å²) in [5, 5.41) is 11.4. The van der Waals surface area contributed by atoms with Crippen molar-refractivity contribution in [3.05, 3.63) is 104 Å². The number of nitrogens with zero attached hydrogens (tertiary/aromatic N) is 1. The molecule has 0 spiro atoms. The number of benzene rings is 3. The van der Waals surface area contributed by atoms with E-state index >= 15 is 0 Å². The van der Waals surface area contributed by atoms with Gasteiger partial charge in [0, 0.05) is 36.1 Å². The number of phenolic OH excluding ortho intramolecular Hbond substituents is 1. The van der Waals surface area contributed by atoms with E-state index < -0.39 is 6.43 Å². The summed E-state index contributed by atoms with van der Waals surface area (Å²) in [4.78, 5) is 2.09. The summed E-state index contributed by atoms with van der Waals surface area (Å²) in [7, 11) is 0. The lowest BCUT2D eigenvalue weighted by Gasteiger charge is -2.18. The minimum absolute atomic E-state index is 0.0731. The summed E-state index contributed by atoms with van der Waals surface area (Å²) in [6, 6.07) is 19.7. The number of allylic oxidation sites excluding steroid dienone is 1. The van der Waals surface area contributed by atoms with Crippen molar-refractivity contribution in [1.82, 2.24) is 4.90 Å². The standard InChI is InChI=1S/C31H29Cl2F2NO/c32-24-8-10-27(29(33)18-24)28-3-1-2-23-17-25(37)9-11-26(23)31(28)22-6-4-20(5-7-22)16-21-12-14-36(19-21)15-13-30(34)35/h4-11,16-18,30,37H,1-3,12-15,19H2/b21-16-. The lowest BCUT2D eigenvalue weighted by molar-refractivity contribution is 0.122. The predicted octanol–water partition coefficient (Wildman–Crippen LogP) is 8.74. The van der Waals surface area contributed by atoms with Gasteiger partial charge in [0.15, 0.2) is 0 Å². The number of alkyl halides is 2. The molecular weight excluding hydrogens is 511 g/mol. The van der Waals surface area contributed by atoms with E-state index in [4.69, 9.17) is 23.2 Å². The number of aryl methyl sites for hydroxylation is 1. The van der Waals surface area contributed by atoms with Crippen LogP contribution in [0, 0.1) is 0 Å². The smallest absolute Gasteiger partial charge is 0.239 e. The van der Waals surface area contributed by atoms with Crippen molar-refractivity contribution in [2.75, 3.05) is 19.6 Å². The van der Waals surface area contributed by atoms with Gasteiger partial charge in [0.05, 0.1) is 0 Å². The quantitative estimate of drug-likeness (QED) is 0.338. The average Bonchev–Trinajstić information content (AvgIpc) is 3.23. The molecule has 37 heavy (non-hydrogen) atoms.